The number of piperidine rings is 1. The molecule has 3 aromatic rings. The number of likely N-dealkylation sites (tertiary alicyclic amines) is 1. The van der Waals surface area contributed by atoms with Crippen LogP contribution in [-0.2, 0) is 34.6 Å². The number of aromatic nitrogens is 2. The van der Waals surface area contributed by atoms with Crippen LogP contribution in [0.15, 0.2) is 92.8 Å². The Kier molecular flexibility index (Phi) is 10.0. The molecule has 18 nitrogen and oxygen atoms in total. The van der Waals surface area contributed by atoms with Crippen LogP contribution >= 0.6 is 0 Å². The summed E-state index contributed by atoms with van der Waals surface area (Å²) in [4.78, 5) is 51.7. The molecule has 0 radical (unpaired) electrons. The minimum Gasteiger partial charge on any atom is -0.493 e. The summed E-state index contributed by atoms with van der Waals surface area (Å²) in [5, 5.41) is 39.0. The first kappa shape index (κ1) is 36.3. The molecule has 3 heterocycles. The van der Waals surface area contributed by atoms with Gasteiger partial charge in [-0.05, 0) is 92.1 Å². The summed E-state index contributed by atoms with van der Waals surface area (Å²) < 4.78 is 64.9. The van der Waals surface area contributed by atoms with E-state index in [4.69, 9.17) is 0 Å². The van der Waals surface area contributed by atoms with E-state index in [9.17, 15) is 60.4 Å². The van der Waals surface area contributed by atoms with Gasteiger partial charge in [-0.25, -0.2) is 9.59 Å². The second kappa shape index (κ2) is 14.1. The molecule has 0 atom stereocenters. The second-order valence-electron chi connectivity index (χ2n) is 11.0. The Morgan fingerprint density at radius 2 is 1.33 bits per heavy atom. The van der Waals surface area contributed by atoms with E-state index in [0.717, 1.165) is 83.9 Å². The number of amides is 2. The predicted molar refractivity (Wildman–Crippen MR) is 176 cm³/mol. The van der Waals surface area contributed by atoms with E-state index >= 15 is 0 Å². The Hall–Kier alpha value is -5.96. The highest BCUT2D eigenvalue weighted by molar-refractivity contribution is 7.86. The highest BCUT2D eigenvalue weighted by Crippen LogP contribution is 2.29. The molecule has 1 aromatic heterocycles. The third-order valence-corrected chi connectivity index (χ3v) is 9.42. The lowest BCUT2D eigenvalue weighted by Crippen LogP contribution is -2.36. The van der Waals surface area contributed by atoms with Gasteiger partial charge < -0.3 is 20.2 Å². The molecule has 1 fully saturated rings. The van der Waals surface area contributed by atoms with E-state index in [-0.39, 0.29) is 22.5 Å². The number of allylic oxidation sites excluding steroid dienone is 2. The normalized spacial score (nSPS) is 16.6. The fourth-order valence-electron chi connectivity index (χ4n) is 5.15. The number of carboxylic acid groups (broad SMARTS) is 2. The van der Waals surface area contributed by atoms with Crippen molar-refractivity contribution in [1.82, 2.24) is 14.7 Å². The lowest BCUT2D eigenvalue weighted by molar-refractivity contribution is -0.129. The molecule has 0 aliphatic carbocycles. The summed E-state index contributed by atoms with van der Waals surface area (Å²) >= 11 is 0. The maximum Gasteiger partial charge on any atom is 0.357 e. The number of carbonyl (C=O) groups is 4. The van der Waals surface area contributed by atoms with Gasteiger partial charge in [0.2, 0.25) is 5.88 Å². The number of hydrazone groups is 1. The fourth-order valence-corrected chi connectivity index (χ4v) is 6.11. The van der Waals surface area contributed by atoms with E-state index in [1.54, 1.807) is 0 Å². The molecule has 2 amide bonds. The summed E-state index contributed by atoms with van der Waals surface area (Å²) in [6.45, 7) is 0.746. The number of aromatic hydroxyl groups is 1. The first-order valence-corrected chi connectivity index (χ1v) is 17.6. The van der Waals surface area contributed by atoms with Gasteiger partial charge in [-0.2, -0.15) is 36.7 Å². The topological polar surface area (TPSA) is 274 Å². The van der Waals surface area contributed by atoms with Crippen molar-refractivity contribution < 1.29 is 60.4 Å². The van der Waals surface area contributed by atoms with E-state index in [0.29, 0.717) is 30.9 Å². The van der Waals surface area contributed by atoms with Crippen LogP contribution in [0, 0.1) is 0 Å². The van der Waals surface area contributed by atoms with Crippen LogP contribution in [0.2, 0.25) is 0 Å². The number of rotatable bonds is 10. The van der Waals surface area contributed by atoms with E-state index in [2.05, 4.69) is 10.2 Å². The first-order chi connectivity index (χ1) is 24.0. The number of hydrogen-bond donors (Lipinski definition) is 5. The first-order valence-electron chi connectivity index (χ1n) is 14.7. The number of benzene rings is 2. The van der Waals surface area contributed by atoms with E-state index in [1.807, 2.05) is 0 Å². The largest absolute Gasteiger partial charge is 0.493 e. The van der Waals surface area contributed by atoms with Gasteiger partial charge in [0.05, 0.1) is 32.3 Å². The highest BCUT2D eigenvalue weighted by Gasteiger charge is 2.35. The zero-order chi connectivity index (χ0) is 37.2. The van der Waals surface area contributed by atoms with Gasteiger partial charge in [-0.3, -0.25) is 18.7 Å². The molecule has 0 saturated carbocycles. The van der Waals surface area contributed by atoms with Gasteiger partial charge in [-0.1, -0.05) is 0 Å². The zero-order valence-corrected chi connectivity index (χ0v) is 27.7. The van der Waals surface area contributed by atoms with E-state index < -0.39 is 76.6 Å². The third kappa shape index (κ3) is 7.78. The van der Waals surface area contributed by atoms with E-state index in [1.165, 1.54) is 4.90 Å². The number of carboxylic acids is 2. The summed E-state index contributed by atoms with van der Waals surface area (Å²) in [5.74, 6) is -5.41. The number of hydrogen-bond acceptors (Lipinski definition) is 11. The summed E-state index contributed by atoms with van der Waals surface area (Å²) in [6, 6.07) is 8.50. The van der Waals surface area contributed by atoms with Crippen LogP contribution in [0.4, 0.5) is 5.69 Å². The van der Waals surface area contributed by atoms with Gasteiger partial charge in [0, 0.05) is 18.7 Å². The predicted octanol–water partition coefficient (Wildman–Crippen LogP) is 2.14. The minimum absolute atomic E-state index is 0.0179. The highest BCUT2D eigenvalue weighted by atomic mass is 32.2. The average Bonchev–Trinajstić information content (AvgIpc) is 3.60. The molecule has 0 spiro atoms. The second-order valence-corrected chi connectivity index (χ2v) is 13.8. The monoisotopic (exact) mass is 741 g/mol. The number of nitrogens with zero attached hydrogens (tertiary/aromatic N) is 5. The zero-order valence-electron chi connectivity index (χ0n) is 26.0. The van der Waals surface area contributed by atoms with Crippen molar-refractivity contribution in [2.75, 3.05) is 18.1 Å². The lowest BCUT2D eigenvalue weighted by Gasteiger charge is -2.27. The quantitative estimate of drug-likeness (QED) is 0.113. The fraction of sp³-hybridized carbons (Fsp3) is 0.161. The molecule has 5 N–H and O–H groups in total. The molecule has 2 aromatic carbocycles. The molecule has 51 heavy (non-hydrogen) atoms. The van der Waals surface area contributed by atoms with Crippen LogP contribution in [0.3, 0.4) is 0 Å². The summed E-state index contributed by atoms with van der Waals surface area (Å²) in [5.41, 5.74) is -2.37. The Bertz CT molecular complexity index is 2280. The molecule has 1 saturated heterocycles. The van der Waals surface area contributed by atoms with Crippen molar-refractivity contribution in [1.29, 1.82) is 0 Å². The molecule has 0 bridgehead atoms. The lowest BCUT2D eigenvalue weighted by atomic mass is 10.1. The molecule has 266 valence electrons. The molecule has 2 aliphatic heterocycles. The molecular formula is C31H27N5O13S2. The maximum atomic E-state index is 13.7. The van der Waals surface area contributed by atoms with Gasteiger partial charge in [0.25, 0.3) is 32.1 Å². The van der Waals surface area contributed by atoms with Crippen LogP contribution < -0.4 is 5.01 Å². The van der Waals surface area contributed by atoms with Crippen LogP contribution in [-0.4, -0.2) is 98.5 Å². The molecular weight excluding hydrogens is 714 g/mol. The van der Waals surface area contributed by atoms with Crippen molar-refractivity contribution in [3.05, 3.63) is 89.2 Å². The van der Waals surface area contributed by atoms with Crippen LogP contribution in [0.25, 0.3) is 11.8 Å². The summed E-state index contributed by atoms with van der Waals surface area (Å²) in [6.07, 6.45) is 6.63. The average molecular weight is 742 g/mol. The molecule has 0 unspecified atom stereocenters. The summed E-state index contributed by atoms with van der Waals surface area (Å²) in [7, 11) is -9.11. The van der Waals surface area contributed by atoms with Gasteiger partial charge in [0.1, 0.15) is 0 Å². The molecule has 2 aliphatic rings. The van der Waals surface area contributed by atoms with Crippen molar-refractivity contribution in [3.63, 3.8) is 0 Å². The van der Waals surface area contributed by atoms with Crippen molar-refractivity contribution >= 4 is 61.5 Å². The SMILES string of the molecule is O=C(O)C1=NN(c2ccc(S(=O)(=O)O)cc2)C(=O)\C1=C/C=C(/C=C/c1c(C(=O)O)nn(-c2ccc(S(=O)(=O)O)cc2)c1O)C(=O)N1CCCCC1. The Morgan fingerprint density at radius 1 is 0.784 bits per heavy atom. The third-order valence-electron chi connectivity index (χ3n) is 7.69. The Labute approximate surface area is 289 Å². The smallest absolute Gasteiger partial charge is 0.357 e. The number of aliphatic carboxylic acids is 1. The Balaban J connectivity index is 1.55. The number of anilines is 1. The van der Waals surface area contributed by atoms with Gasteiger partial charge in [0.15, 0.2) is 11.4 Å². The van der Waals surface area contributed by atoms with Gasteiger partial charge in [-0.15, -0.1) is 0 Å². The maximum absolute atomic E-state index is 13.7. The Morgan fingerprint density at radius 3 is 1.84 bits per heavy atom. The number of aromatic carboxylic acids is 1. The van der Waals surface area contributed by atoms with Crippen molar-refractivity contribution in [2.45, 2.75) is 29.1 Å². The molecule has 20 heteroatoms. The minimum atomic E-state index is -4.56. The van der Waals surface area contributed by atoms with Crippen molar-refractivity contribution in [3.8, 4) is 11.6 Å². The van der Waals surface area contributed by atoms with Crippen LogP contribution in [0.5, 0.6) is 5.88 Å². The standard InChI is InChI=1S/C31H27N5O13S2/c37-27(34-16-2-1-3-17-34)18(4-14-23-25(30(40)41)32-35(28(23)38)19-6-10-21(11-7-19)50(44,45)46)5-15-24-26(31(42)43)33-36(29(24)39)20-8-12-22(13-9-20)51(47,48)49/h4-15,38H,1-3,16-17H2,(H,40,41)(H,42,43)(H,44,45,46)(H,47,48,49)/b14-4+,18-5-,24-15-. The molecule has 5 rings (SSSR count). The van der Waals surface area contributed by atoms with Crippen molar-refractivity contribution in [2.24, 2.45) is 5.10 Å². The van der Waals surface area contributed by atoms with Gasteiger partial charge >= 0.3 is 11.9 Å². The van der Waals surface area contributed by atoms with Crippen LogP contribution in [0.1, 0.15) is 35.3 Å². The number of carbonyl (C=O) groups excluding carboxylic acids is 2.